The Hall–Kier alpha value is -2.37. The first-order valence-electron chi connectivity index (χ1n) is 6.81. The van der Waals surface area contributed by atoms with Gasteiger partial charge in [0.05, 0.1) is 6.54 Å². The van der Waals surface area contributed by atoms with E-state index in [0.717, 1.165) is 36.0 Å². The van der Waals surface area contributed by atoms with Crippen molar-refractivity contribution >= 4 is 23.8 Å². The van der Waals surface area contributed by atoms with Crippen molar-refractivity contribution in [1.29, 1.82) is 0 Å². The van der Waals surface area contributed by atoms with Crippen LogP contribution in [0.1, 0.15) is 24.5 Å². The maximum Gasteiger partial charge on any atom is 0.328 e. The number of anilines is 1. The van der Waals surface area contributed by atoms with Crippen LogP contribution in [0.15, 0.2) is 18.3 Å². The molecule has 1 aromatic rings. The molecule has 1 amide bonds. The quantitative estimate of drug-likeness (QED) is 0.743. The van der Waals surface area contributed by atoms with Gasteiger partial charge < -0.3 is 15.3 Å². The van der Waals surface area contributed by atoms with Crippen LogP contribution >= 0.6 is 0 Å². The Kier molecular flexibility index (Phi) is 6.39. The molecule has 114 valence electrons. The molecule has 2 N–H and O–H groups in total. The number of carbonyl (C=O) groups excluding carboxylic acids is 1. The number of hydrogen-bond acceptors (Lipinski definition) is 4. The Balaban J connectivity index is 2.98. The summed E-state index contributed by atoms with van der Waals surface area (Å²) < 4.78 is 0. The van der Waals surface area contributed by atoms with Crippen molar-refractivity contribution in [1.82, 2.24) is 10.3 Å². The van der Waals surface area contributed by atoms with E-state index in [-0.39, 0.29) is 12.5 Å². The van der Waals surface area contributed by atoms with Gasteiger partial charge in [0.1, 0.15) is 5.82 Å². The van der Waals surface area contributed by atoms with E-state index in [9.17, 15) is 9.59 Å². The highest BCUT2D eigenvalue weighted by Gasteiger charge is 2.13. The predicted octanol–water partition coefficient (Wildman–Crippen LogP) is 1.45. The van der Waals surface area contributed by atoms with Crippen LogP contribution in [0.2, 0.25) is 0 Å². The smallest absolute Gasteiger partial charge is 0.328 e. The summed E-state index contributed by atoms with van der Waals surface area (Å²) in [5.41, 5.74) is 1.62. The molecule has 1 aromatic heterocycles. The lowest BCUT2D eigenvalue weighted by Gasteiger charge is -2.24. The lowest BCUT2D eigenvalue weighted by atomic mass is 10.2. The molecule has 0 spiro atoms. The molecule has 0 saturated carbocycles. The van der Waals surface area contributed by atoms with Crippen LogP contribution in [0.5, 0.6) is 0 Å². The van der Waals surface area contributed by atoms with Gasteiger partial charge in [0.2, 0.25) is 5.91 Å². The number of aryl methyl sites for hydroxylation is 1. The van der Waals surface area contributed by atoms with Gasteiger partial charge in [-0.3, -0.25) is 4.79 Å². The van der Waals surface area contributed by atoms with Gasteiger partial charge in [-0.25, -0.2) is 9.78 Å². The van der Waals surface area contributed by atoms with Crippen LogP contribution in [0.3, 0.4) is 0 Å². The van der Waals surface area contributed by atoms with Crippen LogP contribution in [0.4, 0.5) is 5.82 Å². The van der Waals surface area contributed by atoms with E-state index in [4.69, 9.17) is 5.11 Å². The van der Waals surface area contributed by atoms with E-state index < -0.39 is 5.97 Å². The molecule has 1 rings (SSSR count). The standard InChI is InChI=1S/C15H21N3O3/c1-4-7-18(10-13(19)16-3)15-11(2)8-12(9-17-15)5-6-14(20)21/h5-6,8-9H,4,7,10H2,1-3H3,(H,16,19)(H,20,21)/b6-5+. The number of amides is 1. The topological polar surface area (TPSA) is 82.5 Å². The second-order valence-corrected chi connectivity index (χ2v) is 4.68. The number of likely N-dealkylation sites (N-methyl/N-ethyl adjacent to an activating group) is 1. The van der Waals surface area contributed by atoms with Gasteiger partial charge in [0.15, 0.2) is 0 Å². The lowest BCUT2D eigenvalue weighted by molar-refractivity contribution is -0.131. The molecule has 0 saturated heterocycles. The average molecular weight is 291 g/mol. The summed E-state index contributed by atoms with van der Waals surface area (Å²) in [5, 5.41) is 11.2. The van der Waals surface area contributed by atoms with Crippen LogP contribution in [0, 0.1) is 6.92 Å². The van der Waals surface area contributed by atoms with E-state index in [1.807, 2.05) is 24.8 Å². The van der Waals surface area contributed by atoms with Gasteiger partial charge in [0.25, 0.3) is 0 Å². The molecule has 0 aliphatic heterocycles. The Morgan fingerprint density at radius 2 is 2.19 bits per heavy atom. The number of hydrogen-bond donors (Lipinski definition) is 2. The number of carbonyl (C=O) groups is 2. The molecule has 0 radical (unpaired) electrons. The number of aromatic nitrogens is 1. The third-order valence-corrected chi connectivity index (χ3v) is 2.90. The molecular weight excluding hydrogens is 270 g/mol. The lowest BCUT2D eigenvalue weighted by Crippen LogP contribution is -2.37. The molecule has 0 aromatic carbocycles. The molecule has 0 atom stereocenters. The highest BCUT2D eigenvalue weighted by molar-refractivity contribution is 5.85. The van der Waals surface area contributed by atoms with Crippen molar-refractivity contribution in [2.45, 2.75) is 20.3 Å². The third kappa shape index (κ3) is 5.25. The molecule has 1 heterocycles. The first kappa shape index (κ1) is 16.7. The SMILES string of the molecule is CCCN(CC(=O)NC)c1ncc(/C=C/C(=O)O)cc1C. The van der Waals surface area contributed by atoms with Crippen LogP contribution in [-0.2, 0) is 9.59 Å². The van der Waals surface area contributed by atoms with Gasteiger partial charge in [-0.05, 0) is 36.6 Å². The summed E-state index contributed by atoms with van der Waals surface area (Å²) in [6.45, 7) is 4.91. The first-order valence-corrected chi connectivity index (χ1v) is 6.81. The van der Waals surface area contributed by atoms with Gasteiger partial charge in [-0.15, -0.1) is 0 Å². The number of carboxylic acid groups (broad SMARTS) is 1. The molecule has 6 nitrogen and oxygen atoms in total. The monoisotopic (exact) mass is 291 g/mol. The molecular formula is C15H21N3O3. The normalized spacial score (nSPS) is 10.6. The largest absolute Gasteiger partial charge is 0.478 e. The fourth-order valence-electron chi connectivity index (χ4n) is 1.96. The zero-order valence-corrected chi connectivity index (χ0v) is 12.6. The van der Waals surface area contributed by atoms with Gasteiger partial charge >= 0.3 is 5.97 Å². The summed E-state index contributed by atoms with van der Waals surface area (Å²) in [4.78, 5) is 28.4. The maximum atomic E-state index is 11.6. The second-order valence-electron chi connectivity index (χ2n) is 4.68. The van der Waals surface area contributed by atoms with Crippen molar-refractivity contribution in [3.63, 3.8) is 0 Å². The van der Waals surface area contributed by atoms with Gasteiger partial charge in [0, 0.05) is 25.9 Å². The van der Waals surface area contributed by atoms with Crippen molar-refractivity contribution in [2.24, 2.45) is 0 Å². The zero-order valence-electron chi connectivity index (χ0n) is 12.6. The highest BCUT2D eigenvalue weighted by atomic mass is 16.4. The van der Waals surface area contributed by atoms with Crippen LogP contribution < -0.4 is 10.2 Å². The summed E-state index contributed by atoms with van der Waals surface area (Å²) in [5.74, 6) is -0.323. The fraction of sp³-hybridized carbons (Fsp3) is 0.400. The number of rotatable bonds is 7. The molecule has 6 heteroatoms. The maximum absolute atomic E-state index is 11.6. The van der Waals surface area contributed by atoms with Crippen LogP contribution in [-0.4, -0.2) is 42.1 Å². The molecule has 21 heavy (non-hydrogen) atoms. The van der Waals surface area contributed by atoms with E-state index in [0.29, 0.717) is 0 Å². The van der Waals surface area contributed by atoms with Crippen molar-refractivity contribution in [3.05, 3.63) is 29.5 Å². The van der Waals surface area contributed by atoms with Crippen LogP contribution in [0.25, 0.3) is 6.08 Å². The van der Waals surface area contributed by atoms with E-state index in [1.54, 1.807) is 13.2 Å². The minimum absolute atomic E-state index is 0.0699. The number of aliphatic carboxylic acids is 1. The van der Waals surface area contributed by atoms with E-state index >= 15 is 0 Å². The van der Waals surface area contributed by atoms with Crippen molar-refractivity contribution in [3.8, 4) is 0 Å². The fourth-order valence-corrected chi connectivity index (χ4v) is 1.96. The Bertz CT molecular complexity index is 541. The second kappa shape index (κ2) is 8.04. The summed E-state index contributed by atoms with van der Waals surface area (Å²) in [6.07, 6.45) is 5.08. The molecule has 0 aliphatic carbocycles. The first-order chi connectivity index (χ1) is 9.97. The number of carboxylic acids is 1. The van der Waals surface area contributed by atoms with Crippen molar-refractivity contribution < 1.29 is 14.7 Å². The Labute approximate surface area is 124 Å². The van der Waals surface area contributed by atoms with Gasteiger partial charge in [-0.2, -0.15) is 0 Å². The summed E-state index contributed by atoms with van der Waals surface area (Å²) in [6, 6.07) is 1.86. The van der Waals surface area contributed by atoms with E-state index in [2.05, 4.69) is 10.3 Å². The Morgan fingerprint density at radius 1 is 1.48 bits per heavy atom. The molecule has 0 unspecified atom stereocenters. The zero-order chi connectivity index (χ0) is 15.8. The third-order valence-electron chi connectivity index (χ3n) is 2.90. The number of pyridine rings is 1. The Morgan fingerprint density at radius 3 is 2.71 bits per heavy atom. The average Bonchev–Trinajstić information content (AvgIpc) is 2.44. The highest BCUT2D eigenvalue weighted by Crippen LogP contribution is 2.18. The summed E-state index contributed by atoms with van der Waals surface area (Å²) >= 11 is 0. The van der Waals surface area contributed by atoms with E-state index in [1.165, 1.54) is 6.08 Å². The predicted molar refractivity (Wildman–Crippen MR) is 82.2 cm³/mol. The molecule has 0 fully saturated rings. The molecule has 0 aliphatic rings. The molecule has 0 bridgehead atoms. The minimum Gasteiger partial charge on any atom is -0.478 e. The summed E-state index contributed by atoms with van der Waals surface area (Å²) in [7, 11) is 1.60. The van der Waals surface area contributed by atoms with Gasteiger partial charge in [-0.1, -0.05) is 6.92 Å². The number of nitrogens with zero attached hydrogens (tertiary/aromatic N) is 2. The minimum atomic E-state index is -0.996. The van der Waals surface area contributed by atoms with Crippen molar-refractivity contribution in [2.75, 3.05) is 25.0 Å². The number of nitrogens with one attached hydrogen (secondary N) is 1.